The van der Waals surface area contributed by atoms with Crippen LogP contribution in [-0.2, 0) is 11.3 Å². The molecule has 0 spiro atoms. The van der Waals surface area contributed by atoms with Crippen LogP contribution in [0.2, 0.25) is 0 Å². The maximum absolute atomic E-state index is 14.0. The number of nitrogens with two attached hydrogens (primary N) is 2. The molecule has 0 amide bonds. The molecule has 6 N–H and O–H groups in total. The number of guanidine groups is 1. The topological polar surface area (TPSA) is 158 Å². The molecule has 1 aromatic heterocycles. The smallest absolute Gasteiger partial charge is 0.211 e. The Bertz CT molecular complexity index is 1090. The van der Waals surface area contributed by atoms with Crippen molar-refractivity contribution in [3.05, 3.63) is 46.3 Å². The average molecular weight is 422 g/mol. The predicted octanol–water partition coefficient (Wildman–Crippen LogP) is 2.91. The normalized spacial score (nSPS) is 14.6. The van der Waals surface area contributed by atoms with Gasteiger partial charge < -0.3 is 21.5 Å². The number of hydrogen-bond donors (Lipinski definition) is 4. The minimum atomic E-state index is -0.748. The van der Waals surface area contributed by atoms with E-state index in [0.29, 0.717) is 23.3 Å². The summed E-state index contributed by atoms with van der Waals surface area (Å²) in [5, 5.41) is 23.8. The molecule has 0 saturated heterocycles. The number of rotatable bonds is 7. The van der Waals surface area contributed by atoms with Crippen LogP contribution in [0.5, 0.6) is 0 Å². The van der Waals surface area contributed by atoms with Crippen molar-refractivity contribution < 1.29 is 9.13 Å². The number of hydrogen-bond acceptors (Lipinski definition) is 9. The molecule has 0 fully saturated rings. The Morgan fingerprint density at radius 3 is 2.81 bits per heavy atom. The monoisotopic (exact) mass is 422 g/mol. The summed E-state index contributed by atoms with van der Waals surface area (Å²) in [5.74, 6) is -0.0478. The summed E-state index contributed by atoms with van der Waals surface area (Å²) in [6.45, 7) is 2.83. The predicted molar refractivity (Wildman–Crippen MR) is 115 cm³/mol. The Kier molecular flexibility index (Phi) is 6.85. The van der Waals surface area contributed by atoms with Gasteiger partial charge in [0.15, 0.2) is 6.19 Å². The lowest BCUT2D eigenvalue weighted by atomic mass is 9.92. The number of nitrogen functional groups attached to an aromatic ring is 2. The van der Waals surface area contributed by atoms with Crippen LogP contribution in [0.25, 0.3) is 0 Å². The zero-order valence-corrected chi connectivity index (χ0v) is 17.1. The minimum Gasteiger partial charge on any atom is -0.397 e. The SMILES string of the molecule is CCCCCOCc1cc(F)ccc1C1N=C(NC#N)Nc2nc(N)c(C#N)c(N)c21. The minimum absolute atomic E-state index is 0.0388. The van der Waals surface area contributed by atoms with Gasteiger partial charge in [0.2, 0.25) is 5.96 Å². The molecule has 10 heteroatoms. The second kappa shape index (κ2) is 9.74. The highest BCUT2D eigenvalue weighted by molar-refractivity contribution is 5.98. The fraction of sp³-hybridized carbons (Fsp3) is 0.333. The van der Waals surface area contributed by atoms with Gasteiger partial charge in [0, 0.05) is 12.2 Å². The first-order chi connectivity index (χ1) is 15.0. The van der Waals surface area contributed by atoms with Gasteiger partial charge in [0.25, 0.3) is 0 Å². The molecule has 1 unspecified atom stereocenters. The van der Waals surface area contributed by atoms with E-state index in [1.165, 1.54) is 12.1 Å². The maximum Gasteiger partial charge on any atom is 0.211 e. The highest BCUT2D eigenvalue weighted by Gasteiger charge is 2.31. The van der Waals surface area contributed by atoms with Gasteiger partial charge in [-0.15, -0.1) is 0 Å². The Labute approximate surface area is 179 Å². The van der Waals surface area contributed by atoms with Gasteiger partial charge >= 0.3 is 0 Å². The summed E-state index contributed by atoms with van der Waals surface area (Å²) in [4.78, 5) is 8.75. The number of aromatic nitrogens is 1. The van der Waals surface area contributed by atoms with Crippen molar-refractivity contribution in [2.45, 2.75) is 38.8 Å². The molecule has 0 aliphatic carbocycles. The fourth-order valence-corrected chi connectivity index (χ4v) is 3.41. The molecule has 1 atom stereocenters. The lowest BCUT2D eigenvalue weighted by Gasteiger charge is -2.27. The average Bonchev–Trinajstić information content (AvgIpc) is 2.73. The molecule has 1 aromatic carbocycles. The summed E-state index contributed by atoms with van der Waals surface area (Å²) in [6, 6.07) is 5.50. The standard InChI is InChI=1S/C21H23FN8O/c1-2-3-4-7-31-10-12-8-13(22)5-6-14(12)18-16-17(25)15(9-23)19(26)29-20(16)30-21(28-18)27-11-24/h5-6,8,18H,2-4,7,10H2,1H3,(H6,25,26,27,28,29,30). The first-order valence-electron chi connectivity index (χ1n) is 9.85. The van der Waals surface area contributed by atoms with E-state index in [0.717, 1.165) is 19.3 Å². The van der Waals surface area contributed by atoms with Crippen LogP contribution in [-0.4, -0.2) is 17.6 Å². The lowest BCUT2D eigenvalue weighted by molar-refractivity contribution is 0.116. The van der Waals surface area contributed by atoms with E-state index >= 15 is 0 Å². The van der Waals surface area contributed by atoms with Gasteiger partial charge in [-0.1, -0.05) is 25.8 Å². The zero-order chi connectivity index (χ0) is 22.4. The van der Waals surface area contributed by atoms with Crippen molar-refractivity contribution in [2.75, 3.05) is 23.4 Å². The quantitative estimate of drug-likeness (QED) is 0.301. The van der Waals surface area contributed by atoms with E-state index in [4.69, 9.17) is 21.5 Å². The van der Waals surface area contributed by atoms with Gasteiger partial charge in [0.1, 0.15) is 35.1 Å². The van der Waals surface area contributed by atoms with E-state index in [1.54, 1.807) is 12.3 Å². The number of unbranched alkanes of at least 4 members (excludes halogenated alkanes) is 2. The molecule has 2 aromatic rings. The van der Waals surface area contributed by atoms with Crippen LogP contribution in [0, 0.1) is 28.6 Å². The molecule has 0 radical (unpaired) electrons. The molecule has 0 bridgehead atoms. The third kappa shape index (κ3) is 4.65. The van der Waals surface area contributed by atoms with Gasteiger partial charge in [-0.3, -0.25) is 5.32 Å². The van der Waals surface area contributed by atoms with Gasteiger partial charge in [-0.2, -0.15) is 10.5 Å². The van der Waals surface area contributed by atoms with Crippen molar-refractivity contribution >= 4 is 23.3 Å². The largest absolute Gasteiger partial charge is 0.397 e. The number of aliphatic imine (C=N–C) groups is 1. The van der Waals surface area contributed by atoms with E-state index in [2.05, 4.69) is 27.5 Å². The molecular weight excluding hydrogens is 399 g/mol. The molecule has 0 saturated carbocycles. The summed E-state index contributed by atoms with van der Waals surface area (Å²) < 4.78 is 19.8. The second-order valence-electron chi connectivity index (χ2n) is 7.00. The van der Waals surface area contributed by atoms with Crippen LogP contribution in [0.4, 0.5) is 21.7 Å². The molecule has 160 valence electrons. The summed E-state index contributed by atoms with van der Waals surface area (Å²) >= 11 is 0. The molecule has 2 heterocycles. The van der Waals surface area contributed by atoms with E-state index in [9.17, 15) is 9.65 Å². The number of anilines is 3. The summed E-state index contributed by atoms with van der Waals surface area (Å²) in [6.07, 6.45) is 4.83. The van der Waals surface area contributed by atoms with Crippen molar-refractivity contribution in [3.63, 3.8) is 0 Å². The lowest BCUT2D eigenvalue weighted by Crippen LogP contribution is -2.33. The molecular formula is C21H23FN8O. The van der Waals surface area contributed by atoms with Crippen molar-refractivity contribution in [1.82, 2.24) is 10.3 Å². The number of benzene rings is 1. The van der Waals surface area contributed by atoms with Crippen LogP contribution in [0.15, 0.2) is 23.2 Å². The van der Waals surface area contributed by atoms with Gasteiger partial charge in [0.05, 0.1) is 12.3 Å². The summed E-state index contributed by atoms with van der Waals surface area (Å²) in [7, 11) is 0. The van der Waals surface area contributed by atoms with E-state index in [-0.39, 0.29) is 35.5 Å². The second-order valence-corrected chi connectivity index (χ2v) is 7.00. The van der Waals surface area contributed by atoms with Crippen molar-refractivity contribution in [3.8, 4) is 12.3 Å². The molecule has 3 rings (SSSR count). The van der Waals surface area contributed by atoms with Crippen molar-refractivity contribution in [1.29, 1.82) is 10.5 Å². The van der Waals surface area contributed by atoms with Crippen LogP contribution in [0.1, 0.15) is 54.5 Å². The number of nitriles is 2. The number of ether oxygens (including phenoxy) is 1. The first-order valence-corrected chi connectivity index (χ1v) is 9.85. The Morgan fingerprint density at radius 2 is 2.10 bits per heavy atom. The third-order valence-electron chi connectivity index (χ3n) is 4.91. The highest BCUT2D eigenvalue weighted by atomic mass is 19.1. The Morgan fingerprint density at radius 1 is 1.29 bits per heavy atom. The first kappa shape index (κ1) is 21.8. The number of nitrogens with one attached hydrogen (secondary N) is 2. The maximum atomic E-state index is 14.0. The third-order valence-corrected chi connectivity index (χ3v) is 4.91. The molecule has 1 aliphatic rings. The van der Waals surface area contributed by atoms with Crippen LogP contribution >= 0.6 is 0 Å². The molecule has 1 aliphatic heterocycles. The molecule has 31 heavy (non-hydrogen) atoms. The number of halogens is 1. The highest BCUT2D eigenvalue weighted by Crippen LogP contribution is 2.41. The van der Waals surface area contributed by atoms with Crippen LogP contribution in [0.3, 0.4) is 0 Å². The Balaban J connectivity index is 2.07. The van der Waals surface area contributed by atoms with Crippen molar-refractivity contribution in [2.24, 2.45) is 4.99 Å². The van der Waals surface area contributed by atoms with Gasteiger partial charge in [-0.05, 0) is 29.7 Å². The number of fused-ring (bicyclic) bond motifs is 1. The van der Waals surface area contributed by atoms with E-state index < -0.39 is 11.9 Å². The summed E-state index contributed by atoms with van der Waals surface area (Å²) in [5.41, 5.74) is 13.9. The molecule has 9 nitrogen and oxygen atoms in total. The number of pyridine rings is 1. The van der Waals surface area contributed by atoms with Crippen LogP contribution < -0.4 is 22.1 Å². The van der Waals surface area contributed by atoms with Gasteiger partial charge in [-0.25, -0.2) is 14.4 Å². The fourth-order valence-electron chi connectivity index (χ4n) is 3.41. The number of nitrogens with zero attached hydrogens (tertiary/aromatic N) is 4. The van der Waals surface area contributed by atoms with E-state index in [1.807, 2.05) is 6.07 Å². The Hall–Kier alpha value is -3.89. The zero-order valence-electron chi connectivity index (χ0n) is 17.1.